The average molecular weight is 288 g/mol. The summed E-state index contributed by atoms with van der Waals surface area (Å²) in [5.41, 5.74) is 5.89. The summed E-state index contributed by atoms with van der Waals surface area (Å²) >= 11 is 1.78. The van der Waals surface area contributed by atoms with Gasteiger partial charge in [-0.3, -0.25) is 9.88 Å². The fourth-order valence-corrected chi connectivity index (χ4v) is 3.50. The molecule has 2 aromatic heterocycles. The summed E-state index contributed by atoms with van der Waals surface area (Å²) < 4.78 is 0. The van der Waals surface area contributed by atoms with Crippen LogP contribution >= 0.6 is 11.3 Å². The minimum atomic E-state index is 1.01. The molecule has 2 aromatic rings. The second-order valence-electron chi connectivity index (χ2n) is 5.49. The molecule has 2 aliphatic rings. The lowest BCUT2D eigenvalue weighted by molar-refractivity contribution is 0.314. The number of pyridine rings is 1. The molecule has 0 unspecified atom stereocenters. The lowest BCUT2D eigenvalue weighted by atomic mass is 10.2. The quantitative estimate of drug-likeness (QED) is 0.743. The number of likely N-dealkylation sites (N-methyl/N-ethyl adjacent to an activating group) is 1. The SMILES string of the molecule is CN1CCc2ncsc2C1.CN1Cc2cccnc2C1. The number of hydrogen-bond donors (Lipinski definition) is 0. The van der Waals surface area contributed by atoms with Crippen LogP contribution < -0.4 is 0 Å². The Morgan fingerprint density at radius 2 is 1.95 bits per heavy atom. The van der Waals surface area contributed by atoms with Crippen molar-refractivity contribution in [3.63, 3.8) is 0 Å². The maximum absolute atomic E-state index is 4.28. The van der Waals surface area contributed by atoms with Crippen LogP contribution in [0.1, 0.15) is 21.8 Å². The normalized spacial score (nSPS) is 18.1. The third-order valence-corrected chi connectivity index (χ3v) is 4.57. The lowest BCUT2D eigenvalue weighted by Crippen LogP contribution is -2.25. The molecule has 2 aliphatic heterocycles. The van der Waals surface area contributed by atoms with E-state index >= 15 is 0 Å². The predicted octanol–water partition coefficient (Wildman–Crippen LogP) is 2.16. The molecule has 20 heavy (non-hydrogen) atoms. The number of thiazole rings is 1. The molecule has 4 rings (SSSR count). The van der Waals surface area contributed by atoms with E-state index < -0.39 is 0 Å². The number of nitrogens with zero attached hydrogens (tertiary/aromatic N) is 4. The zero-order valence-corrected chi connectivity index (χ0v) is 12.9. The smallest absolute Gasteiger partial charge is 0.0798 e. The largest absolute Gasteiger partial charge is 0.301 e. The summed E-state index contributed by atoms with van der Waals surface area (Å²) in [7, 11) is 4.27. The Kier molecular flexibility index (Phi) is 4.10. The summed E-state index contributed by atoms with van der Waals surface area (Å²) in [6.07, 6.45) is 2.99. The molecule has 5 heteroatoms. The van der Waals surface area contributed by atoms with E-state index in [1.807, 2.05) is 17.8 Å². The third kappa shape index (κ3) is 3.06. The topological polar surface area (TPSA) is 32.3 Å². The van der Waals surface area contributed by atoms with E-state index in [1.165, 1.54) is 21.8 Å². The van der Waals surface area contributed by atoms with E-state index in [2.05, 4.69) is 39.9 Å². The molecule has 0 N–H and O–H groups in total. The van der Waals surface area contributed by atoms with Crippen molar-refractivity contribution in [2.24, 2.45) is 0 Å². The van der Waals surface area contributed by atoms with Crippen molar-refractivity contribution in [2.45, 2.75) is 26.1 Å². The van der Waals surface area contributed by atoms with Crippen molar-refractivity contribution < 1.29 is 0 Å². The second kappa shape index (κ2) is 5.99. The van der Waals surface area contributed by atoms with Crippen molar-refractivity contribution in [3.05, 3.63) is 45.7 Å². The molecule has 4 nitrogen and oxygen atoms in total. The first-order valence-corrected chi connectivity index (χ1v) is 7.81. The van der Waals surface area contributed by atoms with Gasteiger partial charge in [-0.25, -0.2) is 4.98 Å². The summed E-state index contributed by atoms with van der Waals surface area (Å²) in [4.78, 5) is 14.6. The van der Waals surface area contributed by atoms with Gasteiger partial charge in [-0.1, -0.05) is 6.07 Å². The van der Waals surface area contributed by atoms with Crippen molar-refractivity contribution in [2.75, 3.05) is 20.6 Å². The van der Waals surface area contributed by atoms with Gasteiger partial charge in [0, 0.05) is 43.7 Å². The molecule has 0 atom stereocenters. The van der Waals surface area contributed by atoms with Gasteiger partial charge >= 0.3 is 0 Å². The molecule has 106 valence electrons. The molecule has 0 radical (unpaired) electrons. The minimum Gasteiger partial charge on any atom is -0.301 e. The number of aromatic nitrogens is 2. The van der Waals surface area contributed by atoms with Gasteiger partial charge in [-0.2, -0.15) is 0 Å². The maximum Gasteiger partial charge on any atom is 0.0798 e. The predicted molar refractivity (Wildman–Crippen MR) is 81.6 cm³/mol. The van der Waals surface area contributed by atoms with E-state index in [0.717, 1.165) is 32.6 Å². The van der Waals surface area contributed by atoms with Crippen LogP contribution in [0.3, 0.4) is 0 Å². The van der Waals surface area contributed by atoms with E-state index in [1.54, 1.807) is 11.3 Å². The number of hydrogen-bond acceptors (Lipinski definition) is 5. The first-order chi connectivity index (χ1) is 9.72. The van der Waals surface area contributed by atoms with Gasteiger partial charge in [0.1, 0.15) is 0 Å². The first kappa shape index (κ1) is 13.7. The number of fused-ring (bicyclic) bond motifs is 2. The number of rotatable bonds is 0. The van der Waals surface area contributed by atoms with Crippen LogP contribution in [0.25, 0.3) is 0 Å². The molecule has 0 saturated heterocycles. The fraction of sp³-hybridized carbons (Fsp3) is 0.467. The Morgan fingerprint density at radius 1 is 1.05 bits per heavy atom. The molecular weight excluding hydrogens is 268 g/mol. The highest BCUT2D eigenvalue weighted by molar-refractivity contribution is 7.09. The molecule has 0 bridgehead atoms. The highest BCUT2D eigenvalue weighted by atomic mass is 32.1. The van der Waals surface area contributed by atoms with Crippen molar-refractivity contribution in [3.8, 4) is 0 Å². The fourth-order valence-electron chi connectivity index (χ4n) is 2.61. The third-order valence-electron chi connectivity index (χ3n) is 3.71. The van der Waals surface area contributed by atoms with Crippen LogP contribution in [-0.2, 0) is 26.1 Å². The molecule has 4 heterocycles. The first-order valence-electron chi connectivity index (χ1n) is 6.93. The maximum atomic E-state index is 4.28. The van der Waals surface area contributed by atoms with Crippen LogP contribution in [0, 0.1) is 0 Å². The molecule has 0 spiro atoms. The summed E-state index contributed by atoms with van der Waals surface area (Å²) in [5, 5.41) is 0. The molecule has 0 amide bonds. The van der Waals surface area contributed by atoms with Crippen LogP contribution in [-0.4, -0.2) is 40.4 Å². The van der Waals surface area contributed by atoms with Gasteiger partial charge in [-0.05, 0) is 25.7 Å². The Morgan fingerprint density at radius 3 is 2.80 bits per heavy atom. The van der Waals surface area contributed by atoms with Gasteiger partial charge in [0.2, 0.25) is 0 Å². The summed E-state index contributed by atoms with van der Waals surface area (Å²) in [6, 6.07) is 4.14. The Bertz CT molecular complexity index is 556. The van der Waals surface area contributed by atoms with Crippen molar-refractivity contribution in [1.82, 2.24) is 19.8 Å². The average Bonchev–Trinajstić information content (AvgIpc) is 3.03. The zero-order chi connectivity index (χ0) is 13.9. The highest BCUT2D eigenvalue weighted by Crippen LogP contribution is 2.20. The van der Waals surface area contributed by atoms with Crippen LogP contribution in [0.2, 0.25) is 0 Å². The molecule has 0 aliphatic carbocycles. The van der Waals surface area contributed by atoms with Crippen molar-refractivity contribution >= 4 is 11.3 Å². The zero-order valence-electron chi connectivity index (χ0n) is 12.0. The van der Waals surface area contributed by atoms with Gasteiger partial charge in [0.25, 0.3) is 0 Å². The van der Waals surface area contributed by atoms with Gasteiger partial charge in [0.05, 0.1) is 16.9 Å². The Balaban J connectivity index is 0.000000121. The lowest BCUT2D eigenvalue weighted by Gasteiger charge is -2.20. The van der Waals surface area contributed by atoms with Crippen LogP contribution in [0.15, 0.2) is 23.8 Å². The molecule has 0 fully saturated rings. The van der Waals surface area contributed by atoms with Crippen LogP contribution in [0.4, 0.5) is 0 Å². The molecular formula is C15H20N4S. The standard InChI is InChI=1S/C8H10N2.C7H10N2S/c1-10-5-7-3-2-4-9-8(7)6-10;1-9-3-2-6-7(4-9)10-5-8-6/h2-4H,5-6H2,1H3;5H,2-4H2,1H3. The Labute approximate surface area is 124 Å². The minimum absolute atomic E-state index is 1.01. The van der Waals surface area contributed by atoms with Gasteiger partial charge in [0.15, 0.2) is 0 Å². The summed E-state index contributed by atoms with van der Waals surface area (Å²) in [5.74, 6) is 0. The van der Waals surface area contributed by atoms with E-state index in [4.69, 9.17) is 0 Å². The van der Waals surface area contributed by atoms with E-state index in [9.17, 15) is 0 Å². The Hall–Kier alpha value is -1.30. The molecule has 0 aromatic carbocycles. The van der Waals surface area contributed by atoms with E-state index in [0.29, 0.717) is 0 Å². The van der Waals surface area contributed by atoms with E-state index in [-0.39, 0.29) is 0 Å². The van der Waals surface area contributed by atoms with Gasteiger partial charge < -0.3 is 4.90 Å². The van der Waals surface area contributed by atoms with Crippen molar-refractivity contribution in [1.29, 1.82) is 0 Å². The van der Waals surface area contributed by atoms with Gasteiger partial charge in [-0.15, -0.1) is 11.3 Å². The summed E-state index contributed by atoms with van der Waals surface area (Å²) in [6.45, 7) is 4.33. The second-order valence-corrected chi connectivity index (χ2v) is 6.43. The van der Waals surface area contributed by atoms with Crippen LogP contribution in [0.5, 0.6) is 0 Å². The molecule has 0 saturated carbocycles. The monoisotopic (exact) mass is 288 g/mol. The highest BCUT2D eigenvalue weighted by Gasteiger charge is 2.15.